The number of fused-ring (bicyclic) bond motifs is 1. The van der Waals surface area contributed by atoms with Gasteiger partial charge in [-0.15, -0.1) is 0 Å². The molecule has 0 amide bonds. The molecule has 0 saturated heterocycles. The summed E-state index contributed by atoms with van der Waals surface area (Å²) < 4.78 is 24.7. The Bertz CT molecular complexity index is 890. The molecule has 0 unspecified atom stereocenters. The number of rotatable bonds is 3. The molecule has 2 aromatic carbocycles. The van der Waals surface area contributed by atoms with Crippen molar-refractivity contribution in [3.63, 3.8) is 0 Å². The highest BCUT2D eigenvalue weighted by molar-refractivity contribution is 7.90. The predicted molar refractivity (Wildman–Crippen MR) is 84.1 cm³/mol. The van der Waals surface area contributed by atoms with Crippen LogP contribution in [0.4, 0.5) is 0 Å². The van der Waals surface area contributed by atoms with E-state index in [1.807, 2.05) is 30.3 Å². The lowest BCUT2D eigenvalue weighted by Gasteiger charge is -2.05. The lowest BCUT2D eigenvalue weighted by molar-refractivity contribution is 0.594. The van der Waals surface area contributed by atoms with Gasteiger partial charge in [0.25, 0.3) is 0 Å². The van der Waals surface area contributed by atoms with E-state index in [0.717, 1.165) is 10.9 Å². The molecule has 3 rings (SSSR count). The Labute approximate surface area is 128 Å². The molecule has 0 aliphatic rings. The maximum absolute atomic E-state index is 12.4. The Morgan fingerprint density at radius 1 is 0.905 bits per heavy atom. The Kier molecular flexibility index (Phi) is 3.66. The van der Waals surface area contributed by atoms with Gasteiger partial charge < -0.3 is 0 Å². The summed E-state index contributed by atoms with van der Waals surface area (Å²) >= 11 is 5.78. The van der Waals surface area contributed by atoms with Crippen LogP contribution in [0.25, 0.3) is 10.9 Å². The van der Waals surface area contributed by atoms with Crippen LogP contribution in [-0.4, -0.2) is 13.4 Å². The second kappa shape index (κ2) is 5.47. The molecule has 0 aliphatic carbocycles. The van der Waals surface area contributed by atoms with E-state index in [9.17, 15) is 8.42 Å². The highest BCUT2D eigenvalue weighted by Crippen LogP contribution is 2.19. The molecule has 0 fully saturated rings. The Hall–Kier alpha value is -1.91. The van der Waals surface area contributed by atoms with Gasteiger partial charge in [-0.2, -0.15) is 0 Å². The van der Waals surface area contributed by atoms with E-state index < -0.39 is 9.84 Å². The molecule has 0 radical (unpaired) electrons. The van der Waals surface area contributed by atoms with Crippen LogP contribution in [0.3, 0.4) is 0 Å². The fourth-order valence-electron chi connectivity index (χ4n) is 2.11. The van der Waals surface area contributed by atoms with Crippen LogP contribution >= 0.6 is 11.6 Å². The lowest BCUT2D eigenvalue weighted by Crippen LogP contribution is -2.06. The van der Waals surface area contributed by atoms with E-state index in [4.69, 9.17) is 11.6 Å². The van der Waals surface area contributed by atoms with Crippen LogP contribution in [0.5, 0.6) is 0 Å². The summed E-state index contributed by atoms with van der Waals surface area (Å²) in [5, 5.41) is 1.50. The average Bonchev–Trinajstić information content (AvgIpc) is 2.47. The van der Waals surface area contributed by atoms with Crippen molar-refractivity contribution in [1.29, 1.82) is 0 Å². The third kappa shape index (κ3) is 3.06. The van der Waals surface area contributed by atoms with Crippen LogP contribution in [0, 0.1) is 0 Å². The van der Waals surface area contributed by atoms with Crippen LogP contribution in [0.15, 0.2) is 65.6 Å². The van der Waals surface area contributed by atoms with E-state index >= 15 is 0 Å². The molecule has 3 nitrogen and oxygen atoms in total. The number of pyridine rings is 1. The minimum atomic E-state index is -3.42. The van der Waals surface area contributed by atoms with Crippen molar-refractivity contribution in [3.8, 4) is 0 Å². The van der Waals surface area contributed by atoms with E-state index in [1.165, 1.54) is 12.1 Å². The summed E-state index contributed by atoms with van der Waals surface area (Å²) in [7, 11) is -3.42. The van der Waals surface area contributed by atoms with Gasteiger partial charge in [0.2, 0.25) is 0 Å². The van der Waals surface area contributed by atoms with Crippen molar-refractivity contribution in [2.24, 2.45) is 0 Å². The number of halogens is 1. The average molecular weight is 318 g/mol. The van der Waals surface area contributed by atoms with Crippen molar-refractivity contribution < 1.29 is 8.42 Å². The number of nitrogens with zero attached hydrogens (tertiary/aromatic N) is 1. The zero-order valence-corrected chi connectivity index (χ0v) is 12.6. The number of hydrogen-bond acceptors (Lipinski definition) is 3. The molecule has 0 saturated carbocycles. The fraction of sp³-hybridized carbons (Fsp3) is 0.0625. The van der Waals surface area contributed by atoms with Crippen molar-refractivity contribution in [1.82, 2.24) is 4.98 Å². The predicted octanol–water partition coefficient (Wildman–Crippen LogP) is 3.86. The normalized spacial score (nSPS) is 11.7. The number of benzene rings is 2. The van der Waals surface area contributed by atoms with E-state index in [1.54, 1.807) is 18.2 Å². The molecule has 1 aromatic heterocycles. The molecule has 5 heteroatoms. The van der Waals surface area contributed by atoms with Crippen LogP contribution in [0.1, 0.15) is 5.69 Å². The summed E-state index contributed by atoms with van der Waals surface area (Å²) in [6.45, 7) is 0. The van der Waals surface area contributed by atoms with Gasteiger partial charge in [0.1, 0.15) is 0 Å². The summed E-state index contributed by atoms with van der Waals surface area (Å²) in [6, 6.07) is 17.4. The molecule has 3 aromatic rings. The smallest absolute Gasteiger partial charge is 0.184 e. The largest absolute Gasteiger partial charge is 0.252 e. The first-order chi connectivity index (χ1) is 10.0. The SMILES string of the molecule is O=S(=O)(Cc1ccc2ccccc2n1)c1ccc(Cl)cc1. The fourth-order valence-corrected chi connectivity index (χ4v) is 3.50. The molecular formula is C16H12ClNO2S. The molecule has 106 valence electrons. The molecule has 0 spiro atoms. The summed E-state index contributed by atoms with van der Waals surface area (Å²) in [6.07, 6.45) is 0. The second-order valence-corrected chi connectivity index (χ2v) is 7.13. The first-order valence-corrected chi connectivity index (χ1v) is 8.41. The van der Waals surface area contributed by atoms with Gasteiger partial charge in [-0.3, -0.25) is 4.98 Å². The van der Waals surface area contributed by atoms with Gasteiger partial charge in [-0.1, -0.05) is 35.9 Å². The first kappa shape index (κ1) is 14.0. The maximum Gasteiger partial charge on any atom is 0.184 e. The molecule has 0 aliphatic heterocycles. The van der Waals surface area contributed by atoms with E-state index in [0.29, 0.717) is 10.7 Å². The summed E-state index contributed by atoms with van der Waals surface area (Å²) in [5.41, 5.74) is 1.32. The highest BCUT2D eigenvalue weighted by atomic mass is 35.5. The van der Waals surface area contributed by atoms with Gasteiger partial charge >= 0.3 is 0 Å². The Morgan fingerprint density at radius 3 is 2.38 bits per heavy atom. The monoisotopic (exact) mass is 317 g/mol. The number of sulfone groups is 1. The van der Waals surface area contributed by atoms with Crippen LogP contribution in [0.2, 0.25) is 5.02 Å². The van der Waals surface area contributed by atoms with E-state index in [2.05, 4.69) is 4.98 Å². The number of hydrogen-bond donors (Lipinski definition) is 0. The van der Waals surface area contributed by atoms with Gasteiger partial charge in [0.15, 0.2) is 9.84 Å². The van der Waals surface area contributed by atoms with Crippen molar-refractivity contribution in [3.05, 3.63) is 71.4 Å². The van der Waals surface area contributed by atoms with Crippen molar-refractivity contribution in [2.45, 2.75) is 10.6 Å². The van der Waals surface area contributed by atoms with Crippen LogP contribution < -0.4 is 0 Å². The zero-order valence-electron chi connectivity index (χ0n) is 11.0. The van der Waals surface area contributed by atoms with Gasteiger partial charge in [-0.05, 0) is 36.4 Å². The van der Waals surface area contributed by atoms with Gasteiger partial charge in [0.05, 0.1) is 21.9 Å². The van der Waals surface area contributed by atoms with Crippen molar-refractivity contribution >= 4 is 32.3 Å². The van der Waals surface area contributed by atoms with Gasteiger partial charge in [0, 0.05) is 10.4 Å². The standard InChI is InChI=1S/C16H12ClNO2S/c17-13-6-9-15(10-7-13)21(19,20)11-14-8-5-12-3-1-2-4-16(12)18-14/h1-10H,11H2. The topological polar surface area (TPSA) is 47.0 Å². The Morgan fingerprint density at radius 2 is 1.62 bits per heavy atom. The molecular weight excluding hydrogens is 306 g/mol. The third-order valence-corrected chi connectivity index (χ3v) is 5.08. The number of para-hydroxylation sites is 1. The van der Waals surface area contributed by atoms with Gasteiger partial charge in [-0.25, -0.2) is 8.42 Å². The molecule has 1 heterocycles. The third-order valence-electron chi connectivity index (χ3n) is 3.17. The quantitative estimate of drug-likeness (QED) is 0.737. The highest BCUT2D eigenvalue weighted by Gasteiger charge is 2.16. The summed E-state index contributed by atoms with van der Waals surface area (Å²) in [5.74, 6) is -0.126. The van der Waals surface area contributed by atoms with E-state index in [-0.39, 0.29) is 10.6 Å². The zero-order chi connectivity index (χ0) is 14.9. The molecule has 0 N–H and O–H groups in total. The second-order valence-electron chi connectivity index (χ2n) is 4.71. The van der Waals surface area contributed by atoms with Crippen molar-refractivity contribution in [2.75, 3.05) is 0 Å². The first-order valence-electron chi connectivity index (χ1n) is 6.38. The molecule has 0 bridgehead atoms. The maximum atomic E-state index is 12.4. The van der Waals surface area contributed by atoms with Crippen LogP contribution in [-0.2, 0) is 15.6 Å². The summed E-state index contributed by atoms with van der Waals surface area (Å²) in [4.78, 5) is 4.65. The Balaban J connectivity index is 1.95. The lowest BCUT2D eigenvalue weighted by atomic mass is 10.2. The minimum absolute atomic E-state index is 0.126. The number of aromatic nitrogens is 1. The molecule has 0 atom stereocenters. The molecule has 21 heavy (non-hydrogen) atoms. The minimum Gasteiger partial charge on any atom is -0.252 e.